The molecule has 0 saturated heterocycles. The molecule has 1 aromatic carbocycles. The van der Waals surface area contributed by atoms with Gasteiger partial charge in [0, 0.05) is 12.3 Å². The number of carbonyl (C=O) groups excluding carboxylic acids is 1. The SMILES string of the molecule is CCCCc1ccc(OC(=O)C2CCC(/C(F)=C(\F)C3CCC(CC)CC3(F)F)CC2)cc1. The van der Waals surface area contributed by atoms with Crippen molar-refractivity contribution >= 4 is 5.97 Å². The first kappa shape index (κ1) is 25.8. The highest BCUT2D eigenvalue weighted by Crippen LogP contribution is 2.48. The molecular formula is C27H36F4O2. The van der Waals surface area contributed by atoms with E-state index in [9.17, 15) is 22.4 Å². The number of hydrogen-bond acceptors (Lipinski definition) is 2. The van der Waals surface area contributed by atoms with Crippen molar-refractivity contribution in [2.24, 2.45) is 23.7 Å². The van der Waals surface area contributed by atoms with Crippen LogP contribution >= 0.6 is 0 Å². The summed E-state index contributed by atoms with van der Waals surface area (Å²) in [5.41, 5.74) is 1.19. The Hall–Kier alpha value is -1.85. The van der Waals surface area contributed by atoms with E-state index < -0.39 is 35.3 Å². The lowest BCUT2D eigenvalue weighted by atomic mass is 9.75. The van der Waals surface area contributed by atoms with Crippen LogP contribution in [0.4, 0.5) is 17.6 Å². The number of hydrogen-bond donors (Lipinski definition) is 0. The van der Waals surface area contributed by atoms with Crippen LogP contribution < -0.4 is 4.74 Å². The molecule has 2 saturated carbocycles. The van der Waals surface area contributed by atoms with Gasteiger partial charge in [0.1, 0.15) is 17.4 Å². The molecule has 0 bridgehead atoms. The maximum Gasteiger partial charge on any atom is 0.314 e. The summed E-state index contributed by atoms with van der Waals surface area (Å²) in [7, 11) is 0. The quantitative estimate of drug-likeness (QED) is 0.218. The minimum absolute atomic E-state index is 0.0241. The number of carbonyl (C=O) groups is 1. The largest absolute Gasteiger partial charge is 0.426 e. The Kier molecular flexibility index (Phi) is 9.00. The molecule has 0 aromatic heterocycles. The molecule has 2 aliphatic rings. The second-order valence-corrected chi connectivity index (χ2v) is 9.78. The number of halogens is 4. The van der Waals surface area contributed by atoms with Crippen LogP contribution in [0, 0.1) is 23.7 Å². The molecule has 184 valence electrons. The highest BCUT2D eigenvalue weighted by molar-refractivity contribution is 5.75. The summed E-state index contributed by atoms with van der Waals surface area (Å²) < 4.78 is 64.0. The molecule has 2 fully saturated rings. The molecule has 0 heterocycles. The van der Waals surface area contributed by atoms with E-state index in [2.05, 4.69) is 6.92 Å². The summed E-state index contributed by atoms with van der Waals surface area (Å²) in [5, 5.41) is 0. The molecule has 0 aliphatic heterocycles. The zero-order valence-electron chi connectivity index (χ0n) is 19.7. The molecule has 3 rings (SSSR count). The normalized spacial score (nSPS) is 28.2. The third-order valence-electron chi connectivity index (χ3n) is 7.43. The predicted octanol–water partition coefficient (Wildman–Crippen LogP) is 8.35. The Bertz CT molecular complexity index is 810. The van der Waals surface area contributed by atoms with Crippen LogP contribution in [-0.4, -0.2) is 11.9 Å². The van der Waals surface area contributed by atoms with Crippen molar-refractivity contribution in [3.63, 3.8) is 0 Å². The number of ether oxygens (including phenoxy) is 1. The summed E-state index contributed by atoms with van der Waals surface area (Å²) in [4.78, 5) is 12.5. The zero-order valence-corrected chi connectivity index (χ0v) is 19.7. The number of aryl methyl sites for hydroxylation is 1. The van der Waals surface area contributed by atoms with Crippen LogP contribution in [0.15, 0.2) is 35.9 Å². The van der Waals surface area contributed by atoms with Gasteiger partial charge < -0.3 is 4.74 Å². The van der Waals surface area contributed by atoms with E-state index in [4.69, 9.17) is 4.74 Å². The average molecular weight is 469 g/mol. The number of allylic oxidation sites excluding steroid dienone is 2. The van der Waals surface area contributed by atoms with Crippen molar-refractivity contribution in [2.45, 2.75) is 90.4 Å². The van der Waals surface area contributed by atoms with Crippen molar-refractivity contribution < 1.29 is 27.1 Å². The van der Waals surface area contributed by atoms with E-state index >= 15 is 0 Å². The van der Waals surface area contributed by atoms with Gasteiger partial charge in [-0.1, -0.05) is 38.8 Å². The molecular weight excluding hydrogens is 432 g/mol. The van der Waals surface area contributed by atoms with Gasteiger partial charge in [-0.25, -0.2) is 17.6 Å². The molecule has 2 aliphatic carbocycles. The third kappa shape index (κ3) is 6.60. The topological polar surface area (TPSA) is 26.3 Å². The van der Waals surface area contributed by atoms with E-state index in [-0.39, 0.29) is 37.6 Å². The van der Waals surface area contributed by atoms with Gasteiger partial charge in [-0.05, 0) is 75.0 Å². The van der Waals surface area contributed by atoms with Gasteiger partial charge in [-0.2, -0.15) is 0 Å². The first-order chi connectivity index (χ1) is 15.7. The van der Waals surface area contributed by atoms with Gasteiger partial charge in [0.2, 0.25) is 0 Å². The standard InChI is InChI=1S/C27H36F4O2/c1-3-5-6-19-7-14-22(15-8-19)33-26(32)21-12-10-20(11-13-21)24(28)25(29)23-16-9-18(4-2)17-27(23,30)31/h7-8,14-15,18,20-21,23H,3-6,9-13,16-17H2,1-2H3/b25-24+. The first-order valence-electron chi connectivity index (χ1n) is 12.5. The highest BCUT2D eigenvalue weighted by Gasteiger charge is 2.48. The van der Waals surface area contributed by atoms with Crippen LogP contribution in [0.3, 0.4) is 0 Å². The minimum atomic E-state index is -3.21. The Morgan fingerprint density at radius 1 is 0.939 bits per heavy atom. The fourth-order valence-electron chi connectivity index (χ4n) is 5.15. The van der Waals surface area contributed by atoms with Crippen molar-refractivity contribution in [3.8, 4) is 5.75 Å². The van der Waals surface area contributed by atoms with Gasteiger partial charge in [0.15, 0.2) is 0 Å². The Balaban J connectivity index is 1.53. The van der Waals surface area contributed by atoms with Crippen LogP contribution in [0.2, 0.25) is 0 Å². The minimum Gasteiger partial charge on any atom is -0.426 e. The van der Waals surface area contributed by atoms with Crippen molar-refractivity contribution in [2.75, 3.05) is 0 Å². The Morgan fingerprint density at radius 3 is 2.15 bits per heavy atom. The number of rotatable bonds is 8. The van der Waals surface area contributed by atoms with Crippen LogP contribution in [-0.2, 0) is 11.2 Å². The van der Waals surface area contributed by atoms with E-state index in [1.54, 1.807) is 12.1 Å². The third-order valence-corrected chi connectivity index (χ3v) is 7.43. The summed E-state index contributed by atoms with van der Waals surface area (Å²) in [6.45, 7) is 3.98. The summed E-state index contributed by atoms with van der Waals surface area (Å²) in [6, 6.07) is 7.45. The van der Waals surface area contributed by atoms with E-state index in [1.807, 2.05) is 19.1 Å². The lowest BCUT2D eigenvalue weighted by molar-refractivity contribution is -0.140. The number of benzene rings is 1. The lowest BCUT2D eigenvalue weighted by Gasteiger charge is -2.35. The molecule has 1 aromatic rings. The summed E-state index contributed by atoms with van der Waals surface area (Å²) in [6.07, 6.45) is 5.14. The Morgan fingerprint density at radius 2 is 1.58 bits per heavy atom. The van der Waals surface area contributed by atoms with Crippen LogP contribution in [0.25, 0.3) is 0 Å². The van der Waals surface area contributed by atoms with Gasteiger partial charge in [0.05, 0.1) is 11.8 Å². The average Bonchev–Trinajstić information content (AvgIpc) is 2.82. The zero-order chi connectivity index (χ0) is 24.0. The van der Waals surface area contributed by atoms with E-state index in [0.29, 0.717) is 31.4 Å². The van der Waals surface area contributed by atoms with Gasteiger partial charge in [-0.15, -0.1) is 0 Å². The van der Waals surface area contributed by atoms with E-state index in [1.165, 1.54) is 5.56 Å². The van der Waals surface area contributed by atoms with Crippen molar-refractivity contribution in [1.29, 1.82) is 0 Å². The second kappa shape index (κ2) is 11.5. The second-order valence-electron chi connectivity index (χ2n) is 9.78. The molecule has 33 heavy (non-hydrogen) atoms. The van der Waals surface area contributed by atoms with Gasteiger partial charge >= 0.3 is 5.97 Å². The van der Waals surface area contributed by atoms with Gasteiger partial charge in [-0.3, -0.25) is 4.79 Å². The summed E-state index contributed by atoms with van der Waals surface area (Å²) >= 11 is 0. The number of unbranched alkanes of at least 4 members (excludes halogenated alkanes) is 1. The molecule has 6 heteroatoms. The molecule has 0 amide bonds. The molecule has 2 atom stereocenters. The number of alkyl halides is 2. The Labute approximate surface area is 194 Å². The van der Waals surface area contributed by atoms with Crippen LogP contribution in [0.5, 0.6) is 5.75 Å². The molecule has 0 radical (unpaired) electrons. The predicted molar refractivity (Wildman–Crippen MR) is 121 cm³/mol. The number of esters is 1. The summed E-state index contributed by atoms with van der Waals surface area (Å²) in [5.74, 6) is -8.36. The van der Waals surface area contributed by atoms with Gasteiger partial charge in [0.25, 0.3) is 5.92 Å². The highest BCUT2D eigenvalue weighted by atomic mass is 19.3. The lowest BCUT2D eigenvalue weighted by Crippen LogP contribution is -2.36. The molecule has 0 spiro atoms. The fraction of sp³-hybridized carbons (Fsp3) is 0.667. The van der Waals surface area contributed by atoms with Crippen LogP contribution in [0.1, 0.15) is 83.6 Å². The van der Waals surface area contributed by atoms with Crippen molar-refractivity contribution in [1.82, 2.24) is 0 Å². The van der Waals surface area contributed by atoms with E-state index in [0.717, 1.165) is 19.3 Å². The van der Waals surface area contributed by atoms with Crippen molar-refractivity contribution in [3.05, 3.63) is 41.5 Å². The fourth-order valence-corrected chi connectivity index (χ4v) is 5.15. The monoisotopic (exact) mass is 468 g/mol. The maximum absolute atomic E-state index is 14.8. The smallest absolute Gasteiger partial charge is 0.314 e. The maximum atomic E-state index is 14.8. The molecule has 2 nitrogen and oxygen atoms in total. The molecule has 0 N–H and O–H groups in total. The molecule has 2 unspecified atom stereocenters. The first-order valence-corrected chi connectivity index (χ1v) is 12.5.